The molecule has 1 aliphatic rings. The molecule has 186 valence electrons. The molecule has 0 aliphatic carbocycles. The Bertz CT molecular complexity index is 1310. The fourth-order valence-electron chi connectivity index (χ4n) is 3.89. The van der Waals surface area contributed by atoms with Gasteiger partial charge in [-0.15, -0.1) is 11.3 Å². The Balaban J connectivity index is 1.67. The topological polar surface area (TPSA) is 104 Å². The second-order valence-corrected chi connectivity index (χ2v) is 9.61. The van der Waals surface area contributed by atoms with E-state index in [0.717, 1.165) is 17.5 Å². The zero-order valence-corrected chi connectivity index (χ0v) is 21.3. The summed E-state index contributed by atoms with van der Waals surface area (Å²) in [6.07, 6.45) is 0.928. The van der Waals surface area contributed by atoms with Gasteiger partial charge in [0.2, 0.25) is 5.88 Å². The standard InChI is InChI=1S/C28H28N2O5S/c1-4-32-24-14-18(7-10-22(24)33-12-11-17(2)3)26-20-9-8-19(34-28(31)25-6-5-13-36-25)15-23(20)35-27(30)21(26)16-29/h5-10,13-15,17,26H,4,11-12,30H2,1-3H3. The number of nitriles is 1. The molecule has 3 aromatic rings. The second kappa shape index (κ2) is 11.2. The van der Waals surface area contributed by atoms with Crippen molar-refractivity contribution in [2.75, 3.05) is 13.2 Å². The van der Waals surface area contributed by atoms with Gasteiger partial charge >= 0.3 is 5.97 Å². The summed E-state index contributed by atoms with van der Waals surface area (Å²) >= 11 is 1.30. The van der Waals surface area contributed by atoms with E-state index in [1.165, 1.54) is 11.3 Å². The highest BCUT2D eigenvalue weighted by atomic mass is 32.1. The molecule has 1 aromatic heterocycles. The van der Waals surface area contributed by atoms with E-state index in [2.05, 4.69) is 19.9 Å². The van der Waals surface area contributed by atoms with Crippen molar-refractivity contribution in [3.63, 3.8) is 0 Å². The van der Waals surface area contributed by atoms with Gasteiger partial charge in [-0.2, -0.15) is 5.26 Å². The van der Waals surface area contributed by atoms with Crippen LogP contribution in [0.5, 0.6) is 23.0 Å². The van der Waals surface area contributed by atoms with Crippen LogP contribution in [0.25, 0.3) is 0 Å². The van der Waals surface area contributed by atoms with Crippen LogP contribution in [0.15, 0.2) is 65.4 Å². The summed E-state index contributed by atoms with van der Waals surface area (Å²) in [5, 5.41) is 11.7. The number of benzene rings is 2. The van der Waals surface area contributed by atoms with Gasteiger partial charge in [0.15, 0.2) is 11.5 Å². The van der Waals surface area contributed by atoms with Gasteiger partial charge in [0.25, 0.3) is 0 Å². The number of hydrogen-bond donors (Lipinski definition) is 1. The van der Waals surface area contributed by atoms with E-state index in [1.807, 2.05) is 30.5 Å². The number of rotatable bonds is 9. The molecule has 2 N–H and O–H groups in total. The van der Waals surface area contributed by atoms with Gasteiger partial charge in [-0.05, 0) is 54.5 Å². The molecule has 0 amide bonds. The molecule has 4 rings (SSSR count). The Labute approximate surface area is 214 Å². The number of thiophene rings is 1. The van der Waals surface area contributed by atoms with Crippen molar-refractivity contribution in [1.82, 2.24) is 0 Å². The van der Waals surface area contributed by atoms with Gasteiger partial charge in [0.05, 0.1) is 19.1 Å². The number of fused-ring (bicyclic) bond motifs is 1. The van der Waals surface area contributed by atoms with Crippen molar-refractivity contribution < 1.29 is 23.7 Å². The lowest BCUT2D eigenvalue weighted by molar-refractivity contribution is 0.0739. The molecule has 8 heteroatoms. The van der Waals surface area contributed by atoms with Gasteiger partial charge in [-0.3, -0.25) is 0 Å². The number of allylic oxidation sites excluding steroid dienone is 1. The minimum Gasteiger partial charge on any atom is -0.490 e. The molecule has 2 heterocycles. The Hall–Kier alpha value is -3.96. The second-order valence-electron chi connectivity index (χ2n) is 8.66. The Kier molecular flexibility index (Phi) is 7.81. The first-order valence-corrected chi connectivity index (χ1v) is 12.7. The molecule has 2 aromatic carbocycles. The molecule has 0 fully saturated rings. The molecule has 0 spiro atoms. The quantitative estimate of drug-likeness (QED) is 0.281. The van der Waals surface area contributed by atoms with E-state index in [-0.39, 0.29) is 5.88 Å². The lowest BCUT2D eigenvalue weighted by Crippen LogP contribution is -2.21. The highest BCUT2D eigenvalue weighted by molar-refractivity contribution is 7.12. The third kappa shape index (κ3) is 5.47. The van der Waals surface area contributed by atoms with Crippen LogP contribution in [0.4, 0.5) is 0 Å². The van der Waals surface area contributed by atoms with Crippen LogP contribution in [0.3, 0.4) is 0 Å². The minimum atomic E-state index is -0.482. The monoisotopic (exact) mass is 504 g/mol. The van der Waals surface area contributed by atoms with E-state index in [1.54, 1.807) is 30.3 Å². The predicted octanol–water partition coefficient (Wildman–Crippen LogP) is 6.01. The van der Waals surface area contributed by atoms with Crippen LogP contribution >= 0.6 is 11.3 Å². The highest BCUT2D eigenvalue weighted by Gasteiger charge is 2.32. The molecule has 1 unspecified atom stereocenters. The van der Waals surface area contributed by atoms with Gasteiger partial charge in [0, 0.05) is 11.6 Å². The smallest absolute Gasteiger partial charge is 0.353 e. The summed E-state index contributed by atoms with van der Waals surface area (Å²) in [5.74, 6) is 1.60. The van der Waals surface area contributed by atoms with Gasteiger partial charge in [0.1, 0.15) is 28.0 Å². The normalized spacial score (nSPS) is 14.6. The molecule has 7 nitrogen and oxygen atoms in total. The molecule has 0 saturated heterocycles. The molecule has 0 saturated carbocycles. The molecular weight excluding hydrogens is 476 g/mol. The molecule has 1 aliphatic heterocycles. The third-order valence-corrected chi connectivity index (χ3v) is 6.53. The molecular formula is C28H28N2O5S. The first kappa shape index (κ1) is 25.1. The first-order valence-electron chi connectivity index (χ1n) is 11.8. The average molecular weight is 505 g/mol. The number of carbonyl (C=O) groups is 1. The summed E-state index contributed by atoms with van der Waals surface area (Å²) in [4.78, 5) is 12.9. The third-order valence-electron chi connectivity index (χ3n) is 5.68. The van der Waals surface area contributed by atoms with Crippen LogP contribution in [-0.4, -0.2) is 19.2 Å². The van der Waals surface area contributed by atoms with Crippen LogP contribution < -0.4 is 24.7 Å². The number of carbonyl (C=O) groups excluding carboxylic acids is 1. The molecule has 36 heavy (non-hydrogen) atoms. The zero-order valence-electron chi connectivity index (χ0n) is 20.4. The fourth-order valence-corrected chi connectivity index (χ4v) is 4.49. The maximum atomic E-state index is 12.4. The summed E-state index contributed by atoms with van der Waals surface area (Å²) in [6, 6.07) is 16.4. The van der Waals surface area contributed by atoms with Crippen molar-refractivity contribution >= 4 is 17.3 Å². The van der Waals surface area contributed by atoms with Crippen molar-refractivity contribution in [1.29, 1.82) is 5.26 Å². The van der Waals surface area contributed by atoms with Crippen LogP contribution in [0.1, 0.15) is 53.9 Å². The van der Waals surface area contributed by atoms with Gasteiger partial charge in [-0.25, -0.2) is 4.79 Å². The summed E-state index contributed by atoms with van der Waals surface area (Å²) in [7, 11) is 0. The van der Waals surface area contributed by atoms with Crippen molar-refractivity contribution in [2.24, 2.45) is 11.7 Å². The summed E-state index contributed by atoms with van der Waals surface area (Å²) < 4.78 is 23.1. The SMILES string of the molecule is CCOc1cc(C2C(C#N)=C(N)Oc3cc(OC(=O)c4cccs4)ccc32)ccc1OCCC(C)C. The Morgan fingerprint density at radius 1 is 1.17 bits per heavy atom. The maximum absolute atomic E-state index is 12.4. The van der Waals surface area contributed by atoms with Crippen LogP contribution in [0, 0.1) is 17.2 Å². The number of ether oxygens (including phenoxy) is 4. The fraction of sp³-hybridized carbons (Fsp3) is 0.286. The van der Waals surface area contributed by atoms with Crippen molar-refractivity contribution in [3.8, 4) is 29.1 Å². The average Bonchev–Trinajstić information content (AvgIpc) is 3.39. The predicted molar refractivity (Wildman–Crippen MR) is 138 cm³/mol. The highest BCUT2D eigenvalue weighted by Crippen LogP contribution is 2.45. The summed E-state index contributed by atoms with van der Waals surface area (Å²) in [5.41, 5.74) is 7.98. The first-order chi connectivity index (χ1) is 17.4. The van der Waals surface area contributed by atoms with E-state index < -0.39 is 11.9 Å². The number of hydrogen-bond acceptors (Lipinski definition) is 8. The van der Waals surface area contributed by atoms with Crippen LogP contribution in [0.2, 0.25) is 0 Å². The summed E-state index contributed by atoms with van der Waals surface area (Å²) in [6.45, 7) is 7.25. The van der Waals surface area contributed by atoms with Gasteiger partial charge < -0.3 is 24.7 Å². The Morgan fingerprint density at radius 2 is 2.00 bits per heavy atom. The molecule has 0 radical (unpaired) electrons. The van der Waals surface area contributed by atoms with E-state index in [4.69, 9.17) is 24.7 Å². The molecule has 1 atom stereocenters. The largest absolute Gasteiger partial charge is 0.490 e. The Morgan fingerprint density at radius 3 is 2.69 bits per heavy atom. The number of nitrogens with two attached hydrogens (primary N) is 1. The number of nitrogens with zero attached hydrogens (tertiary/aromatic N) is 1. The lowest BCUT2D eigenvalue weighted by Gasteiger charge is -2.27. The van der Waals surface area contributed by atoms with E-state index in [9.17, 15) is 10.1 Å². The minimum absolute atomic E-state index is 0.00644. The molecule has 0 bridgehead atoms. The zero-order chi connectivity index (χ0) is 25.7. The van der Waals surface area contributed by atoms with E-state index in [0.29, 0.717) is 52.6 Å². The van der Waals surface area contributed by atoms with Crippen molar-refractivity contribution in [3.05, 3.63) is 81.4 Å². The van der Waals surface area contributed by atoms with Crippen LogP contribution in [-0.2, 0) is 0 Å². The van der Waals surface area contributed by atoms with Gasteiger partial charge in [-0.1, -0.05) is 32.0 Å². The maximum Gasteiger partial charge on any atom is 0.353 e. The van der Waals surface area contributed by atoms with Crippen molar-refractivity contribution in [2.45, 2.75) is 33.1 Å². The lowest BCUT2D eigenvalue weighted by atomic mass is 9.83. The number of esters is 1. The van der Waals surface area contributed by atoms with E-state index >= 15 is 0 Å².